The number of rotatable bonds is 3. The minimum Gasteiger partial charge on any atom is -0.394 e. The predicted molar refractivity (Wildman–Crippen MR) is 60.5 cm³/mol. The minimum absolute atomic E-state index is 0.0190. The first-order valence-corrected chi connectivity index (χ1v) is 5.83. The molecule has 0 aliphatic heterocycles. The Morgan fingerprint density at radius 2 is 1.87 bits per heavy atom. The Labute approximate surface area is 92.3 Å². The molecule has 0 atom stereocenters. The molecule has 1 aliphatic rings. The molecule has 0 saturated heterocycles. The highest BCUT2D eigenvalue weighted by Crippen LogP contribution is 2.36. The van der Waals surface area contributed by atoms with Gasteiger partial charge in [-0.05, 0) is 26.7 Å². The number of aliphatic hydroxyl groups is 1. The van der Waals surface area contributed by atoms with Crippen molar-refractivity contribution >= 4 is 5.91 Å². The Bertz CT molecular complexity index is 230. The third-order valence-corrected chi connectivity index (χ3v) is 3.35. The normalized spacial score (nSPS) is 21.1. The molecule has 3 heteroatoms. The Hall–Kier alpha value is -0.570. The Morgan fingerprint density at radius 1 is 1.33 bits per heavy atom. The van der Waals surface area contributed by atoms with Crippen molar-refractivity contribution in [2.24, 2.45) is 5.41 Å². The second-order valence-electron chi connectivity index (χ2n) is 5.62. The summed E-state index contributed by atoms with van der Waals surface area (Å²) >= 11 is 0. The van der Waals surface area contributed by atoms with E-state index in [0.29, 0.717) is 0 Å². The van der Waals surface area contributed by atoms with Crippen molar-refractivity contribution in [3.63, 3.8) is 0 Å². The van der Waals surface area contributed by atoms with Crippen LogP contribution < -0.4 is 5.32 Å². The smallest absolute Gasteiger partial charge is 0.226 e. The standard InChI is InChI=1S/C12H23NO2/c1-11(2,9-14)13-10(15)12(3)7-5-4-6-8-12/h14H,4-9H2,1-3H3,(H,13,15). The van der Waals surface area contributed by atoms with Gasteiger partial charge >= 0.3 is 0 Å². The van der Waals surface area contributed by atoms with E-state index in [-0.39, 0.29) is 17.9 Å². The molecular formula is C12H23NO2. The fourth-order valence-electron chi connectivity index (χ4n) is 2.06. The van der Waals surface area contributed by atoms with Gasteiger partial charge in [0, 0.05) is 5.41 Å². The summed E-state index contributed by atoms with van der Waals surface area (Å²) in [4.78, 5) is 12.1. The van der Waals surface area contributed by atoms with Gasteiger partial charge in [0.25, 0.3) is 0 Å². The molecule has 0 aromatic rings. The van der Waals surface area contributed by atoms with Crippen molar-refractivity contribution in [1.29, 1.82) is 0 Å². The molecule has 3 nitrogen and oxygen atoms in total. The molecule has 1 rings (SSSR count). The lowest BCUT2D eigenvalue weighted by molar-refractivity contribution is -0.134. The highest BCUT2D eigenvalue weighted by Gasteiger charge is 2.36. The Morgan fingerprint density at radius 3 is 2.33 bits per heavy atom. The number of nitrogens with one attached hydrogen (secondary N) is 1. The lowest BCUT2D eigenvalue weighted by Crippen LogP contribution is -2.52. The molecule has 0 heterocycles. The average Bonchev–Trinajstić information content (AvgIpc) is 2.18. The summed E-state index contributed by atoms with van der Waals surface area (Å²) in [6.45, 7) is 5.71. The maximum absolute atomic E-state index is 12.1. The summed E-state index contributed by atoms with van der Waals surface area (Å²) in [7, 11) is 0. The van der Waals surface area contributed by atoms with Crippen molar-refractivity contribution in [1.82, 2.24) is 5.32 Å². The van der Waals surface area contributed by atoms with Gasteiger partial charge in [-0.1, -0.05) is 26.2 Å². The van der Waals surface area contributed by atoms with Gasteiger partial charge in [-0.15, -0.1) is 0 Å². The van der Waals surface area contributed by atoms with Gasteiger partial charge in [0.1, 0.15) is 0 Å². The van der Waals surface area contributed by atoms with E-state index in [9.17, 15) is 4.79 Å². The molecule has 0 aromatic carbocycles. The topological polar surface area (TPSA) is 49.3 Å². The Balaban J connectivity index is 2.59. The van der Waals surface area contributed by atoms with Crippen LogP contribution in [0.3, 0.4) is 0 Å². The van der Waals surface area contributed by atoms with Crippen LogP contribution in [0.15, 0.2) is 0 Å². The van der Waals surface area contributed by atoms with Crippen LogP contribution in [0.2, 0.25) is 0 Å². The maximum atomic E-state index is 12.1. The lowest BCUT2D eigenvalue weighted by atomic mass is 9.74. The average molecular weight is 213 g/mol. The summed E-state index contributed by atoms with van der Waals surface area (Å²) in [6.07, 6.45) is 5.47. The van der Waals surface area contributed by atoms with Gasteiger partial charge in [0.05, 0.1) is 12.1 Å². The van der Waals surface area contributed by atoms with Crippen LogP contribution in [0.5, 0.6) is 0 Å². The van der Waals surface area contributed by atoms with Gasteiger partial charge in [-0.25, -0.2) is 0 Å². The van der Waals surface area contributed by atoms with Crippen molar-refractivity contribution in [3.8, 4) is 0 Å². The molecule has 15 heavy (non-hydrogen) atoms. The summed E-state index contributed by atoms with van der Waals surface area (Å²) in [5, 5.41) is 12.0. The third kappa shape index (κ3) is 3.20. The van der Waals surface area contributed by atoms with Crippen LogP contribution in [0.25, 0.3) is 0 Å². The fraction of sp³-hybridized carbons (Fsp3) is 0.917. The van der Waals surface area contributed by atoms with E-state index >= 15 is 0 Å². The first-order valence-electron chi connectivity index (χ1n) is 5.83. The molecule has 0 radical (unpaired) electrons. The zero-order chi connectivity index (χ0) is 11.5. The summed E-state index contributed by atoms with van der Waals surface area (Å²) in [6, 6.07) is 0. The van der Waals surface area contributed by atoms with E-state index in [1.807, 2.05) is 20.8 Å². The quantitative estimate of drug-likeness (QED) is 0.751. The van der Waals surface area contributed by atoms with Crippen LogP contribution in [-0.4, -0.2) is 23.2 Å². The number of hydrogen-bond acceptors (Lipinski definition) is 2. The van der Waals surface area contributed by atoms with E-state index in [0.717, 1.165) is 25.7 Å². The van der Waals surface area contributed by atoms with Crippen LogP contribution in [0, 0.1) is 5.41 Å². The zero-order valence-corrected chi connectivity index (χ0v) is 10.1. The molecule has 1 amide bonds. The predicted octanol–water partition coefficient (Wildman–Crippen LogP) is 1.84. The van der Waals surface area contributed by atoms with Crippen molar-refractivity contribution < 1.29 is 9.90 Å². The maximum Gasteiger partial charge on any atom is 0.226 e. The van der Waals surface area contributed by atoms with Crippen molar-refractivity contribution in [2.75, 3.05) is 6.61 Å². The molecule has 0 spiro atoms. The van der Waals surface area contributed by atoms with E-state index in [2.05, 4.69) is 5.32 Å². The van der Waals surface area contributed by atoms with E-state index in [1.165, 1.54) is 6.42 Å². The van der Waals surface area contributed by atoms with Crippen LogP contribution >= 0.6 is 0 Å². The fourth-order valence-corrected chi connectivity index (χ4v) is 2.06. The van der Waals surface area contributed by atoms with Crippen LogP contribution in [0.1, 0.15) is 52.9 Å². The highest BCUT2D eigenvalue weighted by molar-refractivity contribution is 5.82. The summed E-state index contributed by atoms with van der Waals surface area (Å²) in [5.74, 6) is 0.0984. The molecule has 1 saturated carbocycles. The van der Waals surface area contributed by atoms with Gasteiger partial charge < -0.3 is 10.4 Å². The number of amides is 1. The number of carbonyl (C=O) groups is 1. The molecule has 1 fully saturated rings. The van der Waals surface area contributed by atoms with Crippen LogP contribution in [0.4, 0.5) is 0 Å². The van der Waals surface area contributed by atoms with E-state index in [4.69, 9.17) is 5.11 Å². The van der Waals surface area contributed by atoms with Crippen molar-refractivity contribution in [3.05, 3.63) is 0 Å². The van der Waals surface area contributed by atoms with Gasteiger partial charge in [0.15, 0.2) is 0 Å². The minimum atomic E-state index is -0.502. The first-order chi connectivity index (χ1) is 6.90. The van der Waals surface area contributed by atoms with E-state index < -0.39 is 5.54 Å². The molecule has 0 unspecified atom stereocenters. The largest absolute Gasteiger partial charge is 0.394 e. The monoisotopic (exact) mass is 213 g/mol. The Kier molecular flexibility index (Phi) is 3.77. The summed E-state index contributed by atoms with van der Waals surface area (Å²) < 4.78 is 0. The lowest BCUT2D eigenvalue weighted by Gasteiger charge is -2.35. The third-order valence-electron chi connectivity index (χ3n) is 3.35. The zero-order valence-electron chi connectivity index (χ0n) is 10.1. The van der Waals surface area contributed by atoms with Gasteiger partial charge in [-0.2, -0.15) is 0 Å². The number of aliphatic hydroxyl groups excluding tert-OH is 1. The summed E-state index contributed by atoms with van der Waals surface area (Å²) in [5.41, 5.74) is -0.720. The molecule has 0 aromatic heterocycles. The van der Waals surface area contributed by atoms with E-state index in [1.54, 1.807) is 0 Å². The van der Waals surface area contributed by atoms with Gasteiger partial charge in [0.2, 0.25) is 5.91 Å². The number of carbonyl (C=O) groups excluding carboxylic acids is 1. The molecule has 88 valence electrons. The van der Waals surface area contributed by atoms with Gasteiger partial charge in [-0.3, -0.25) is 4.79 Å². The second-order valence-corrected chi connectivity index (χ2v) is 5.62. The van der Waals surface area contributed by atoms with Crippen LogP contribution in [-0.2, 0) is 4.79 Å². The molecular weight excluding hydrogens is 190 g/mol. The SMILES string of the molecule is CC(C)(CO)NC(=O)C1(C)CCCCC1. The first kappa shape index (κ1) is 12.5. The second kappa shape index (κ2) is 4.52. The molecule has 1 aliphatic carbocycles. The van der Waals surface area contributed by atoms with Crippen molar-refractivity contribution in [2.45, 2.75) is 58.4 Å². The molecule has 2 N–H and O–H groups in total. The number of hydrogen-bond donors (Lipinski definition) is 2. The molecule has 0 bridgehead atoms. The highest BCUT2D eigenvalue weighted by atomic mass is 16.3.